The molecule has 2 heteroatoms. The van der Waals surface area contributed by atoms with Crippen molar-refractivity contribution < 1.29 is 0 Å². The number of hydrogen-bond donors (Lipinski definition) is 1. The van der Waals surface area contributed by atoms with E-state index in [2.05, 4.69) is 24.4 Å². The van der Waals surface area contributed by atoms with Crippen LogP contribution >= 0.6 is 0 Å². The number of aryl methyl sites for hydroxylation is 2. The summed E-state index contributed by atoms with van der Waals surface area (Å²) in [6.45, 7) is 2.32. The van der Waals surface area contributed by atoms with Gasteiger partial charge >= 0.3 is 0 Å². The van der Waals surface area contributed by atoms with Crippen LogP contribution in [0.2, 0.25) is 0 Å². The van der Waals surface area contributed by atoms with E-state index in [1.165, 1.54) is 62.6 Å². The van der Waals surface area contributed by atoms with Crippen molar-refractivity contribution in [3.05, 3.63) is 23.4 Å². The van der Waals surface area contributed by atoms with Crippen molar-refractivity contribution in [2.75, 3.05) is 5.32 Å². The molecule has 2 unspecified atom stereocenters. The molecule has 3 rings (SSSR count). The maximum absolute atomic E-state index is 4.81. The Morgan fingerprint density at radius 2 is 2.06 bits per heavy atom. The second-order valence-electron chi connectivity index (χ2n) is 5.86. The lowest BCUT2D eigenvalue weighted by Crippen LogP contribution is -2.32. The molecule has 1 N–H and O–H groups in total. The maximum atomic E-state index is 4.81. The molecule has 0 aromatic carbocycles. The Kier molecular flexibility index (Phi) is 3.53. The third kappa shape index (κ3) is 2.38. The van der Waals surface area contributed by atoms with E-state index in [1.807, 2.05) is 0 Å². The minimum absolute atomic E-state index is 0.649. The van der Waals surface area contributed by atoms with Gasteiger partial charge in [0.2, 0.25) is 0 Å². The van der Waals surface area contributed by atoms with Gasteiger partial charge in [-0.1, -0.05) is 32.3 Å². The van der Waals surface area contributed by atoms with Gasteiger partial charge in [-0.05, 0) is 49.7 Å². The van der Waals surface area contributed by atoms with Crippen LogP contribution in [0.1, 0.15) is 56.7 Å². The molecule has 0 amide bonds. The quantitative estimate of drug-likeness (QED) is 0.870. The summed E-state index contributed by atoms with van der Waals surface area (Å²) in [4.78, 5) is 4.81. The normalized spacial score (nSPS) is 26.9. The number of nitrogens with zero attached hydrogens (tertiary/aromatic N) is 1. The van der Waals surface area contributed by atoms with Gasteiger partial charge in [-0.25, -0.2) is 4.98 Å². The summed E-state index contributed by atoms with van der Waals surface area (Å²) in [7, 11) is 0. The second-order valence-corrected chi connectivity index (χ2v) is 5.86. The predicted molar refractivity (Wildman–Crippen MR) is 75.9 cm³/mol. The van der Waals surface area contributed by atoms with Crippen LogP contribution in [0.25, 0.3) is 0 Å². The average molecular weight is 244 g/mol. The van der Waals surface area contributed by atoms with Gasteiger partial charge < -0.3 is 5.32 Å². The van der Waals surface area contributed by atoms with Gasteiger partial charge in [0.05, 0.1) is 0 Å². The van der Waals surface area contributed by atoms with Crippen LogP contribution in [0.15, 0.2) is 12.1 Å². The fraction of sp³-hybridized carbons (Fsp3) is 0.688. The lowest BCUT2D eigenvalue weighted by molar-refractivity contribution is 0.317. The van der Waals surface area contributed by atoms with Crippen molar-refractivity contribution in [1.82, 2.24) is 4.98 Å². The number of rotatable bonds is 3. The highest BCUT2D eigenvalue weighted by Gasteiger charge is 2.24. The number of anilines is 1. The molecule has 1 aromatic heterocycles. The number of nitrogens with one attached hydrogen (secondary N) is 1. The summed E-state index contributed by atoms with van der Waals surface area (Å²) >= 11 is 0. The zero-order chi connectivity index (χ0) is 12.4. The maximum Gasteiger partial charge on any atom is 0.126 e. The highest BCUT2D eigenvalue weighted by atomic mass is 15.0. The van der Waals surface area contributed by atoms with E-state index < -0.39 is 0 Å². The molecule has 2 nitrogen and oxygen atoms in total. The number of hydrogen-bond acceptors (Lipinski definition) is 2. The van der Waals surface area contributed by atoms with Crippen molar-refractivity contribution in [1.29, 1.82) is 0 Å². The van der Waals surface area contributed by atoms with Crippen LogP contribution < -0.4 is 5.32 Å². The minimum atomic E-state index is 0.649. The van der Waals surface area contributed by atoms with Gasteiger partial charge in [-0.3, -0.25) is 0 Å². The first kappa shape index (κ1) is 12.0. The average Bonchev–Trinajstić information content (AvgIpc) is 2.87. The van der Waals surface area contributed by atoms with E-state index in [9.17, 15) is 0 Å². The summed E-state index contributed by atoms with van der Waals surface area (Å²) in [5, 5.41) is 3.70. The van der Waals surface area contributed by atoms with Crippen molar-refractivity contribution in [3.8, 4) is 0 Å². The van der Waals surface area contributed by atoms with E-state index in [1.54, 1.807) is 0 Å². The number of fused-ring (bicyclic) bond motifs is 1. The van der Waals surface area contributed by atoms with Gasteiger partial charge in [-0.15, -0.1) is 0 Å². The van der Waals surface area contributed by atoms with Gasteiger partial charge in [-0.2, -0.15) is 0 Å². The first-order chi connectivity index (χ1) is 8.86. The van der Waals surface area contributed by atoms with Crippen molar-refractivity contribution in [2.45, 2.75) is 64.3 Å². The van der Waals surface area contributed by atoms with Gasteiger partial charge in [0, 0.05) is 11.7 Å². The third-order valence-corrected chi connectivity index (χ3v) is 4.69. The molecule has 0 saturated heterocycles. The summed E-state index contributed by atoms with van der Waals surface area (Å²) in [5.74, 6) is 1.95. The Bertz CT molecular complexity index is 414. The SMILES string of the molecule is CCC1CCCCC1Nc1ccc2c(n1)CCC2. The first-order valence-corrected chi connectivity index (χ1v) is 7.62. The Balaban J connectivity index is 1.71. The highest BCUT2D eigenvalue weighted by molar-refractivity contribution is 5.41. The van der Waals surface area contributed by atoms with Gasteiger partial charge in [0.1, 0.15) is 5.82 Å². The van der Waals surface area contributed by atoms with Crippen molar-refractivity contribution in [3.63, 3.8) is 0 Å². The van der Waals surface area contributed by atoms with E-state index >= 15 is 0 Å². The zero-order valence-electron chi connectivity index (χ0n) is 11.4. The topological polar surface area (TPSA) is 24.9 Å². The second kappa shape index (κ2) is 5.29. The van der Waals surface area contributed by atoms with Gasteiger partial charge in [0.15, 0.2) is 0 Å². The fourth-order valence-electron chi connectivity index (χ4n) is 3.58. The summed E-state index contributed by atoms with van der Waals surface area (Å²) in [5.41, 5.74) is 2.81. The molecule has 1 saturated carbocycles. The van der Waals surface area contributed by atoms with E-state index in [4.69, 9.17) is 4.98 Å². The Morgan fingerprint density at radius 1 is 1.17 bits per heavy atom. The van der Waals surface area contributed by atoms with Crippen molar-refractivity contribution >= 4 is 5.82 Å². The monoisotopic (exact) mass is 244 g/mol. The number of aromatic nitrogens is 1. The molecular weight excluding hydrogens is 220 g/mol. The molecule has 0 radical (unpaired) electrons. The molecular formula is C16H24N2. The summed E-state index contributed by atoms with van der Waals surface area (Å²) in [6, 6.07) is 5.11. The van der Waals surface area contributed by atoms with E-state index in [0.717, 1.165) is 11.7 Å². The molecule has 2 atom stereocenters. The van der Waals surface area contributed by atoms with E-state index in [-0.39, 0.29) is 0 Å². The first-order valence-electron chi connectivity index (χ1n) is 7.62. The van der Waals surface area contributed by atoms with Crippen LogP contribution in [-0.2, 0) is 12.8 Å². The number of pyridine rings is 1. The fourth-order valence-corrected chi connectivity index (χ4v) is 3.58. The van der Waals surface area contributed by atoms with E-state index in [0.29, 0.717) is 6.04 Å². The smallest absolute Gasteiger partial charge is 0.126 e. The van der Waals surface area contributed by atoms with Crippen molar-refractivity contribution in [2.24, 2.45) is 5.92 Å². The molecule has 1 fully saturated rings. The van der Waals surface area contributed by atoms with Crippen LogP contribution in [0, 0.1) is 5.92 Å². The lowest BCUT2D eigenvalue weighted by atomic mass is 9.83. The van der Waals surface area contributed by atoms with Crippen LogP contribution in [0.5, 0.6) is 0 Å². The zero-order valence-corrected chi connectivity index (χ0v) is 11.4. The molecule has 18 heavy (non-hydrogen) atoms. The third-order valence-electron chi connectivity index (χ3n) is 4.69. The van der Waals surface area contributed by atoms with Gasteiger partial charge in [0.25, 0.3) is 0 Å². The highest BCUT2D eigenvalue weighted by Crippen LogP contribution is 2.29. The van der Waals surface area contributed by atoms with Crippen LogP contribution in [0.3, 0.4) is 0 Å². The van der Waals surface area contributed by atoms with Crippen LogP contribution in [0.4, 0.5) is 5.82 Å². The lowest BCUT2D eigenvalue weighted by Gasteiger charge is -2.32. The molecule has 1 aromatic rings. The Hall–Kier alpha value is -1.05. The molecule has 98 valence electrons. The molecule has 1 heterocycles. The molecule has 0 aliphatic heterocycles. The molecule has 0 spiro atoms. The molecule has 2 aliphatic rings. The molecule has 2 aliphatic carbocycles. The largest absolute Gasteiger partial charge is 0.367 e. The Labute approximate surface area is 110 Å². The Morgan fingerprint density at radius 3 is 2.94 bits per heavy atom. The standard InChI is InChI=1S/C16H24N2/c1-2-12-6-3-4-8-14(12)17-16-11-10-13-7-5-9-15(13)18-16/h10-12,14H,2-9H2,1H3,(H,17,18). The molecule has 0 bridgehead atoms. The predicted octanol–water partition coefficient (Wildman–Crippen LogP) is 3.95. The summed E-state index contributed by atoms with van der Waals surface area (Å²) < 4.78 is 0. The van der Waals surface area contributed by atoms with Crippen LogP contribution in [-0.4, -0.2) is 11.0 Å². The minimum Gasteiger partial charge on any atom is -0.367 e. The summed E-state index contributed by atoms with van der Waals surface area (Å²) in [6.07, 6.45) is 10.5.